The first-order valence-corrected chi connectivity index (χ1v) is 20.9. The first-order chi connectivity index (χ1) is 30.7. The number of hydrogen-bond donors (Lipinski definition) is 0. The van der Waals surface area contributed by atoms with Gasteiger partial charge in [0.25, 0.3) is 0 Å². The molecule has 3 aromatic heterocycles. The number of nitrogens with zero attached hydrogens (tertiary/aromatic N) is 4. The molecule has 0 fully saturated rings. The molecule has 4 heteroatoms. The van der Waals surface area contributed by atoms with E-state index in [4.69, 9.17) is 19.9 Å². The Hall–Kier alpha value is -8.34. The summed E-state index contributed by atoms with van der Waals surface area (Å²) in [5, 5.41) is 2.10. The van der Waals surface area contributed by atoms with Crippen molar-refractivity contribution in [2.75, 3.05) is 0 Å². The zero-order chi connectivity index (χ0) is 41.2. The Morgan fingerprint density at radius 3 is 1.26 bits per heavy atom. The fraction of sp³-hybridized carbons (Fsp3) is 0. The van der Waals surface area contributed by atoms with Gasteiger partial charge in [0.05, 0.1) is 33.8 Å². The van der Waals surface area contributed by atoms with E-state index in [9.17, 15) is 0 Å². The zero-order valence-corrected chi connectivity index (χ0v) is 33.7. The average Bonchev–Trinajstić information content (AvgIpc) is 3.37. The van der Waals surface area contributed by atoms with Crippen molar-refractivity contribution in [1.29, 1.82) is 0 Å². The highest BCUT2D eigenvalue weighted by Crippen LogP contribution is 2.38. The van der Waals surface area contributed by atoms with E-state index in [1.165, 1.54) is 16.7 Å². The molecule has 290 valence electrons. The molecule has 0 unspecified atom stereocenters. The summed E-state index contributed by atoms with van der Waals surface area (Å²) < 4.78 is 0. The number of hydrogen-bond acceptors (Lipinski definition) is 4. The highest BCUT2D eigenvalue weighted by atomic mass is 14.9. The molecule has 0 saturated carbocycles. The summed E-state index contributed by atoms with van der Waals surface area (Å²) in [5.74, 6) is 0.682. The molecule has 62 heavy (non-hydrogen) atoms. The third kappa shape index (κ3) is 7.20. The van der Waals surface area contributed by atoms with Crippen molar-refractivity contribution in [1.82, 2.24) is 19.9 Å². The minimum atomic E-state index is 0.682. The van der Waals surface area contributed by atoms with E-state index in [0.29, 0.717) is 5.82 Å². The number of rotatable bonds is 8. The molecule has 8 aromatic carbocycles. The molecular formula is C58H38N4. The van der Waals surface area contributed by atoms with Gasteiger partial charge < -0.3 is 0 Å². The summed E-state index contributed by atoms with van der Waals surface area (Å²) >= 11 is 0. The van der Waals surface area contributed by atoms with E-state index in [1.807, 2.05) is 30.3 Å². The van der Waals surface area contributed by atoms with Crippen molar-refractivity contribution in [3.63, 3.8) is 0 Å². The van der Waals surface area contributed by atoms with E-state index >= 15 is 0 Å². The minimum Gasteiger partial charge on any atom is -0.245 e. The maximum atomic E-state index is 5.36. The van der Waals surface area contributed by atoms with Gasteiger partial charge in [-0.25, -0.2) is 19.9 Å². The molecule has 11 rings (SSSR count). The highest BCUT2D eigenvalue weighted by Gasteiger charge is 2.16. The molecule has 0 N–H and O–H groups in total. The smallest absolute Gasteiger partial charge is 0.160 e. The number of aromatic nitrogens is 4. The molecular weight excluding hydrogens is 753 g/mol. The second-order valence-corrected chi connectivity index (χ2v) is 15.4. The number of pyridine rings is 2. The fourth-order valence-electron chi connectivity index (χ4n) is 8.26. The zero-order valence-electron chi connectivity index (χ0n) is 33.7. The van der Waals surface area contributed by atoms with Crippen molar-refractivity contribution < 1.29 is 0 Å². The van der Waals surface area contributed by atoms with Crippen LogP contribution in [0.4, 0.5) is 0 Å². The molecule has 0 atom stereocenters. The van der Waals surface area contributed by atoms with Gasteiger partial charge in [0.1, 0.15) is 0 Å². The Morgan fingerprint density at radius 2 is 0.645 bits per heavy atom. The lowest BCUT2D eigenvalue weighted by atomic mass is 9.94. The van der Waals surface area contributed by atoms with E-state index in [2.05, 4.69) is 200 Å². The lowest BCUT2D eigenvalue weighted by Crippen LogP contribution is -1.96. The molecule has 0 amide bonds. The van der Waals surface area contributed by atoms with Gasteiger partial charge >= 0.3 is 0 Å². The summed E-state index contributed by atoms with van der Waals surface area (Å²) in [5.41, 5.74) is 17.3. The topological polar surface area (TPSA) is 51.6 Å². The number of benzene rings is 8. The Morgan fingerprint density at radius 1 is 0.226 bits per heavy atom. The van der Waals surface area contributed by atoms with Crippen molar-refractivity contribution in [3.8, 4) is 89.8 Å². The van der Waals surface area contributed by atoms with Crippen LogP contribution in [0.25, 0.3) is 112 Å². The van der Waals surface area contributed by atoms with Crippen LogP contribution in [0.1, 0.15) is 0 Å². The quantitative estimate of drug-likeness (QED) is 0.144. The van der Waals surface area contributed by atoms with Gasteiger partial charge in [-0.15, -0.1) is 0 Å². The molecule has 11 aromatic rings. The summed E-state index contributed by atoms with van der Waals surface area (Å²) in [6, 6.07) is 80.4. The number of fused-ring (bicyclic) bond motifs is 3. The second kappa shape index (κ2) is 16.0. The van der Waals surface area contributed by atoms with Gasteiger partial charge in [0.15, 0.2) is 5.82 Å². The average molecular weight is 791 g/mol. The monoisotopic (exact) mass is 790 g/mol. The van der Waals surface area contributed by atoms with Crippen LogP contribution in [0, 0.1) is 0 Å². The third-order valence-electron chi connectivity index (χ3n) is 11.5. The van der Waals surface area contributed by atoms with Gasteiger partial charge in [0.2, 0.25) is 0 Å². The lowest BCUT2D eigenvalue weighted by Gasteiger charge is -2.14. The molecule has 4 nitrogen and oxygen atoms in total. The SMILES string of the molecule is c1ccc(-c2ccc(-c3nc(-c4ccccc4)cc(-c4ccc(-c5ccc6ccc7c(-c8cccc(-c9ccccc9)c8)cc(-c8ccccc8)nc7c6n5)cc4)n3)cc2)cc1. The summed E-state index contributed by atoms with van der Waals surface area (Å²) in [7, 11) is 0. The second-order valence-electron chi connectivity index (χ2n) is 15.4. The Labute approximate surface area is 360 Å². The Balaban J connectivity index is 0.991. The summed E-state index contributed by atoms with van der Waals surface area (Å²) in [6.07, 6.45) is 0. The summed E-state index contributed by atoms with van der Waals surface area (Å²) in [6.45, 7) is 0. The molecule has 0 radical (unpaired) electrons. The van der Waals surface area contributed by atoms with Crippen molar-refractivity contribution in [2.24, 2.45) is 0 Å². The van der Waals surface area contributed by atoms with Crippen molar-refractivity contribution in [2.45, 2.75) is 0 Å². The van der Waals surface area contributed by atoms with Crippen LogP contribution in [0.5, 0.6) is 0 Å². The Bertz CT molecular complexity index is 3350. The van der Waals surface area contributed by atoms with E-state index < -0.39 is 0 Å². The van der Waals surface area contributed by atoms with Crippen LogP contribution in [0.3, 0.4) is 0 Å². The van der Waals surface area contributed by atoms with Crippen LogP contribution in [-0.4, -0.2) is 19.9 Å². The van der Waals surface area contributed by atoms with Gasteiger partial charge in [-0.1, -0.05) is 206 Å². The minimum absolute atomic E-state index is 0.682. The van der Waals surface area contributed by atoms with Crippen molar-refractivity contribution in [3.05, 3.63) is 231 Å². The molecule has 0 spiro atoms. The standard InChI is InChI=1S/C58H38N4/c1-5-14-39(15-6-1)41-24-30-47(31-25-41)58-61-54(43-20-11-4-12-21-43)38-55(62-58)45-28-26-44(27-29-45)52-35-33-46-32-34-50-51(49-23-13-22-48(36-49)40-16-7-2-8-17-40)37-53(42-18-9-3-10-19-42)60-57(50)56(46)59-52/h1-38H. The predicted molar refractivity (Wildman–Crippen MR) is 256 cm³/mol. The highest BCUT2D eigenvalue weighted by molar-refractivity contribution is 6.10. The Kier molecular flexibility index (Phi) is 9.49. The van der Waals surface area contributed by atoms with Crippen molar-refractivity contribution >= 4 is 21.8 Å². The maximum Gasteiger partial charge on any atom is 0.160 e. The normalized spacial score (nSPS) is 11.2. The first-order valence-electron chi connectivity index (χ1n) is 20.9. The van der Waals surface area contributed by atoms with E-state index in [1.54, 1.807) is 0 Å². The third-order valence-corrected chi connectivity index (χ3v) is 11.5. The largest absolute Gasteiger partial charge is 0.245 e. The molecule has 0 aliphatic carbocycles. The molecule has 0 aliphatic heterocycles. The van der Waals surface area contributed by atoms with Crippen LogP contribution in [0.15, 0.2) is 231 Å². The van der Waals surface area contributed by atoms with Crippen LogP contribution in [0.2, 0.25) is 0 Å². The molecule has 3 heterocycles. The van der Waals surface area contributed by atoms with Crippen LogP contribution >= 0.6 is 0 Å². The van der Waals surface area contributed by atoms with E-state index in [-0.39, 0.29) is 0 Å². The first kappa shape index (κ1) is 36.7. The predicted octanol–water partition coefficient (Wildman–Crippen LogP) is 14.9. The maximum absolute atomic E-state index is 5.36. The lowest BCUT2D eigenvalue weighted by molar-refractivity contribution is 1.18. The van der Waals surface area contributed by atoms with Gasteiger partial charge in [-0.3, -0.25) is 0 Å². The van der Waals surface area contributed by atoms with Crippen LogP contribution < -0.4 is 0 Å². The summed E-state index contributed by atoms with van der Waals surface area (Å²) in [4.78, 5) is 20.9. The molecule has 0 saturated heterocycles. The van der Waals surface area contributed by atoms with Gasteiger partial charge in [0, 0.05) is 38.6 Å². The molecule has 0 aliphatic rings. The fourth-order valence-corrected chi connectivity index (χ4v) is 8.26. The van der Waals surface area contributed by atoms with Gasteiger partial charge in [-0.05, 0) is 57.6 Å². The van der Waals surface area contributed by atoms with Gasteiger partial charge in [-0.2, -0.15) is 0 Å². The van der Waals surface area contributed by atoms with E-state index in [0.717, 1.165) is 89.1 Å². The molecule has 0 bridgehead atoms. The van der Waals surface area contributed by atoms with Crippen LogP contribution in [-0.2, 0) is 0 Å².